The number of rotatable bonds is 5. The van der Waals surface area contributed by atoms with Crippen molar-refractivity contribution >= 4 is 23.4 Å². The fourth-order valence-corrected chi connectivity index (χ4v) is 3.19. The van der Waals surface area contributed by atoms with E-state index in [0.29, 0.717) is 28.3 Å². The van der Waals surface area contributed by atoms with Crippen LogP contribution in [0.3, 0.4) is 0 Å². The molecule has 29 heavy (non-hydrogen) atoms. The Labute approximate surface area is 167 Å². The third-order valence-corrected chi connectivity index (χ3v) is 4.71. The van der Waals surface area contributed by atoms with Gasteiger partial charge in [0.25, 0.3) is 11.8 Å². The van der Waals surface area contributed by atoms with E-state index in [2.05, 4.69) is 5.32 Å². The van der Waals surface area contributed by atoms with Crippen molar-refractivity contribution in [3.05, 3.63) is 90.0 Å². The molecule has 3 aromatic carbocycles. The van der Waals surface area contributed by atoms with Crippen LogP contribution >= 0.6 is 0 Å². The number of carbonyl (C=O) groups is 3. The summed E-state index contributed by atoms with van der Waals surface area (Å²) < 4.78 is 5.85. The number of hydrogen-bond donors (Lipinski definition) is 1. The molecule has 6 heteroatoms. The Balaban J connectivity index is 1.53. The summed E-state index contributed by atoms with van der Waals surface area (Å²) in [5.41, 5.74) is 1.07. The number of ether oxygens (including phenoxy) is 1. The molecule has 0 radical (unpaired) electrons. The highest BCUT2D eigenvalue weighted by Crippen LogP contribution is 2.30. The second-order valence-corrected chi connectivity index (χ2v) is 6.60. The molecule has 0 saturated carbocycles. The molecule has 0 unspecified atom stereocenters. The number of nitrogens with zero attached hydrogens (tertiary/aromatic N) is 1. The van der Waals surface area contributed by atoms with Gasteiger partial charge in [0.1, 0.15) is 11.8 Å². The Hall–Kier alpha value is -3.93. The highest BCUT2D eigenvalue weighted by Gasteiger charge is 2.40. The normalized spacial score (nSPS) is 13.8. The van der Waals surface area contributed by atoms with Crippen molar-refractivity contribution in [1.29, 1.82) is 0 Å². The lowest BCUT2D eigenvalue weighted by atomic mass is 10.1. The van der Waals surface area contributed by atoms with Gasteiger partial charge in [0.05, 0.1) is 16.8 Å². The first-order valence-corrected chi connectivity index (χ1v) is 9.16. The van der Waals surface area contributed by atoms with E-state index >= 15 is 0 Å². The van der Waals surface area contributed by atoms with Crippen molar-refractivity contribution in [3.63, 3.8) is 0 Å². The van der Waals surface area contributed by atoms with E-state index in [9.17, 15) is 14.4 Å². The fourth-order valence-electron chi connectivity index (χ4n) is 3.19. The molecule has 0 spiro atoms. The van der Waals surface area contributed by atoms with Gasteiger partial charge in [0.2, 0.25) is 5.91 Å². The SMILES string of the molecule is C[C@H](C(=O)Nc1ccccc1Oc1ccccc1)N1C(=O)c2ccccc2C1=O. The largest absolute Gasteiger partial charge is 0.455 e. The summed E-state index contributed by atoms with van der Waals surface area (Å²) in [6.07, 6.45) is 0. The lowest BCUT2D eigenvalue weighted by Gasteiger charge is -2.22. The molecule has 1 heterocycles. The minimum Gasteiger partial charge on any atom is -0.455 e. The van der Waals surface area contributed by atoms with Gasteiger partial charge in [0, 0.05) is 0 Å². The molecule has 1 atom stereocenters. The molecule has 6 nitrogen and oxygen atoms in total. The Morgan fingerprint density at radius 1 is 0.828 bits per heavy atom. The first kappa shape index (κ1) is 18.4. The smallest absolute Gasteiger partial charge is 0.262 e. The van der Waals surface area contributed by atoms with Crippen molar-refractivity contribution < 1.29 is 19.1 Å². The van der Waals surface area contributed by atoms with Gasteiger partial charge in [-0.25, -0.2) is 0 Å². The zero-order valence-electron chi connectivity index (χ0n) is 15.7. The number of carbonyl (C=O) groups excluding carboxylic acids is 3. The summed E-state index contributed by atoms with van der Waals surface area (Å²) in [7, 11) is 0. The number of amides is 3. The Morgan fingerprint density at radius 3 is 2.03 bits per heavy atom. The van der Waals surface area contributed by atoms with Gasteiger partial charge in [-0.05, 0) is 43.3 Å². The minimum absolute atomic E-state index is 0.310. The predicted octanol–water partition coefficient (Wildman–Crippen LogP) is 4.10. The van der Waals surface area contributed by atoms with Gasteiger partial charge < -0.3 is 10.1 Å². The molecule has 0 fully saturated rings. The maximum Gasteiger partial charge on any atom is 0.262 e. The molecular weight excluding hydrogens is 368 g/mol. The summed E-state index contributed by atoms with van der Waals surface area (Å²) in [6, 6.07) is 21.7. The summed E-state index contributed by atoms with van der Waals surface area (Å²) in [5, 5.41) is 2.77. The molecule has 3 aromatic rings. The van der Waals surface area contributed by atoms with Crippen LogP contribution in [0.25, 0.3) is 0 Å². The first-order chi connectivity index (χ1) is 14.1. The molecule has 0 aliphatic carbocycles. The number of nitrogens with one attached hydrogen (secondary N) is 1. The second kappa shape index (κ2) is 7.59. The average Bonchev–Trinajstić information content (AvgIpc) is 3.00. The number of anilines is 1. The number of para-hydroxylation sites is 3. The van der Waals surface area contributed by atoms with Gasteiger partial charge in [-0.3, -0.25) is 19.3 Å². The molecule has 0 saturated heterocycles. The Bertz CT molecular complexity index is 1060. The molecule has 3 amide bonds. The Morgan fingerprint density at radius 2 is 1.38 bits per heavy atom. The van der Waals surface area contributed by atoms with Crippen LogP contribution in [0.1, 0.15) is 27.6 Å². The van der Waals surface area contributed by atoms with Crippen molar-refractivity contribution in [3.8, 4) is 11.5 Å². The predicted molar refractivity (Wildman–Crippen MR) is 108 cm³/mol. The van der Waals surface area contributed by atoms with Crippen molar-refractivity contribution in [1.82, 2.24) is 4.90 Å². The third kappa shape index (κ3) is 3.48. The molecule has 144 valence electrons. The molecule has 0 aromatic heterocycles. The van der Waals surface area contributed by atoms with Crippen molar-refractivity contribution in [2.75, 3.05) is 5.32 Å². The summed E-state index contributed by atoms with van der Waals surface area (Å²) in [4.78, 5) is 39.0. The number of fused-ring (bicyclic) bond motifs is 1. The van der Waals surface area contributed by atoms with E-state index in [4.69, 9.17) is 4.74 Å². The highest BCUT2D eigenvalue weighted by atomic mass is 16.5. The minimum atomic E-state index is -0.979. The van der Waals surface area contributed by atoms with Gasteiger partial charge in [-0.1, -0.05) is 42.5 Å². The van der Waals surface area contributed by atoms with Crippen LogP contribution in [0.15, 0.2) is 78.9 Å². The molecule has 1 aliphatic heterocycles. The molecular formula is C23H18N2O4. The zero-order chi connectivity index (χ0) is 20.4. The van der Waals surface area contributed by atoms with Gasteiger partial charge in [-0.2, -0.15) is 0 Å². The van der Waals surface area contributed by atoms with Gasteiger partial charge in [-0.15, -0.1) is 0 Å². The van der Waals surface area contributed by atoms with Crippen molar-refractivity contribution in [2.45, 2.75) is 13.0 Å². The van der Waals surface area contributed by atoms with Crippen molar-refractivity contribution in [2.24, 2.45) is 0 Å². The summed E-state index contributed by atoms with van der Waals surface area (Å²) >= 11 is 0. The van der Waals surface area contributed by atoms with Crippen LogP contribution in [-0.2, 0) is 4.79 Å². The quantitative estimate of drug-likeness (QED) is 0.670. The number of hydrogen-bond acceptors (Lipinski definition) is 4. The summed E-state index contributed by atoms with van der Waals surface area (Å²) in [5.74, 6) is -0.336. The number of imide groups is 1. The third-order valence-electron chi connectivity index (χ3n) is 4.71. The second-order valence-electron chi connectivity index (χ2n) is 6.60. The van der Waals surface area contributed by atoms with Crippen LogP contribution in [0.4, 0.5) is 5.69 Å². The van der Waals surface area contributed by atoms with Crippen LogP contribution in [0.2, 0.25) is 0 Å². The van der Waals surface area contributed by atoms with E-state index in [1.54, 1.807) is 60.7 Å². The molecule has 1 N–H and O–H groups in total. The molecule has 0 bridgehead atoms. The van der Waals surface area contributed by atoms with Crippen LogP contribution in [0.5, 0.6) is 11.5 Å². The van der Waals surface area contributed by atoms with Gasteiger partial charge in [0.15, 0.2) is 5.75 Å². The van der Waals surface area contributed by atoms with E-state index in [1.165, 1.54) is 6.92 Å². The van der Waals surface area contributed by atoms with E-state index < -0.39 is 23.8 Å². The first-order valence-electron chi connectivity index (χ1n) is 9.16. The maximum absolute atomic E-state index is 12.8. The van der Waals surface area contributed by atoms with Crippen LogP contribution in [-0.4, -0.2) is 28.7 Å². The Kier molecular flexibility index (Phi) is 4.83. The standard InChI is InChI=1S/C23H18N2O4/c1-15(25-22(27)17-11-5-6-12-18(17)23(25)28)21(26)24-19-13-7-8-14-20(19)29-16-9-3-2-4-10-16/h2-15H,1H3,(H,24,26)/t15-/m1/s1. The highest BCUT2D eigenvalue weighted by molar-refractivity contribution is 6.23. The van der Waals surface area contributed by atoms with Crippen LogP contribution in [0, 0.1) is 0 Å². The topological polar surface area (TPSA) is 75.7 Å². The van der Waals surface area contributed by atoms with Gasteiger partial charge >= 0.3 is 0 Å². The van der Waals surface area contributed by atoms with E-state index in [-0.39, 0.29) is 0 Å². The lowest BCUT2D eigenvalue weighted by molar-refractivity contribution is -0.119. The average molecular weight is 386 g/mol. The monoisotopic (exact) mass is 386 g/mol. The lowest BCUT2D eigenvalue weighted by Crippen LogP contribution is -2.45. The zero-order valence-corrected chi connectivity index (χ0v) is 15.7. The van der Waals surface area contributed by atoms with E-state index in [0.717, 1.165) is 4.90 Å². The number of benzene rings is 3. The van der Waals surface area contributed by atoms with Crippen LogP contribution < -0.4 is 10.1 Å². The molecule has 4 rings (SSSR count). The summed E-state index contributed by atoms with van der Waals surface area (Å²) in [6.45, 7) is 1.53. The maximum atomic E-state index is 12.8. The fraction of sp³-hybridized carbons (Fsp3) is 0.0870. The van der Waals surface area contributed by atoms with E-state index in [1.807, 2.05) is 18.2 Å². The molecule has 1 aliphatic rings.